The van der Waals surface area contributed by atoms with Gasteiger partial charge in [0.2, 0.25) is 0 Å². The molecule has 0 saturated heterocycles. The van der Waals surface area contributed by atoms with Gasteiger partial charge in [0.15, 0.2) is 5.75 Å². The van der Waals surface area contributed by atoms with Crippen molar-refractivity contribution in [1.82, 2.24) is 4.98 Å². The van der Waals surface area contributed by atoms with Crippen LogP contribution in [-0.2, 0) is 0 Å². The Morgan fingerprint density at radius 2 is 2.50 bits per heavy atom. The molecular weight excluding hydrogens is 132 g/mol. The van der Waals surface area contributed by atoms with Crippen molar-refractivity contribution in [3.05, 3.63) is 24.5 Å². The fourth-order valence-electron chi connectivity index (χ4n) is 0.524. The monoisotopic (exact) mass is 138 g/mol. The molecule has 0 aliphatic heterocycles. The van der Waals surface area contributed by atoms with E-state index in [9.17, 15) is 4.79 Å². The number of nitrogens with zero attached hydrogens (tertiary/aromatic N) is 1. The Balaban J connectivity index is 2.67. The topological polar surface area (TPSA) is 65.2 Å². The van der Waals surface area contributed by atoms with Crippen LogP contribution in [-0.4, -0.2) is 11.1 Å². The molecule has 0 spiro atoms. The van der Waals surface area contributed by atoms with Gasteiger partial charge < -0.3 is 10.5 Å². The summed E-state index contributed by atoms with van der Waals surface area (Å²) in [5.74, 6) is 0.356. The van der Waals surface area contributed by atoms with Crippen LogP contribution in [0.4, 0.5) is 4.79 Å². The van der Waals surface area contributed by atoms with E-state index in [0.29, 0.717) is 5.75 Å². The van der Waals surface area contributed by atoms with Crippen LogP contribution in [0, 0.1) is 0 Å². The van der Waals surface area contributed by atoms with Crippen LogP contribution >= 0.6 is 0 Å². The van der Waals surface area contributed by atoms with Crippen molar-refractivity contribution >= 4 is 6.09 Å². The molecule has 0 fully saturated rings. The standard InChI is InChI=1S/C6H6N2O2/c7-6(9)10-5-2-1-3-8-4-5/h1-4H,(H2,7,9). The summed E-state index contributed by atoms with van der Waals surface area (Å²) in [6.45, 7) is 0. The highest BCUT2D eigenvalue weighted by Crippen LogP contribution is 2.04. The van der Waals surface area contributed by atoms with Gasteiger partial charge in [-0.1, -0.05) is 0 Å². The van der Waals surface area contributed by atoms with Crippen molar-refractivity contribution in [1.29, 1.82) is 0 Å². The molecule has 0 atom stereocenters. The molecule has 0 aromatic carbocycles. The van der Waals surface area contributed by atoms with E-state index in [0.717, 1.165) is 0 Å². The highest BCUT2D eigenvalue weighted by atomic mass is 16.5. The van der Waals surface area contributed by atoms with Crippen LogP contribution in [0.1, 0.15) is 0 Å². The minimum absolute atomic E-state index is 0.356. The van der Waals surface area contributed by atoms with Gasteiger partial charge in [-0.3, -0.25) is 4.98 Å². The average molecular weight is 138 g/mol. The molecule has 4 heteroatoms. The van der Waals surface area contributed by atoms with Gasteiger partial charge in [0, 0.05) is 6.20 Å². The second-order valence-electron chi connectivity index (χ2n) is 1.61. The molecule has 4 nitrogen and oxygen atoms in total. The molecule has 1 aromatic heterocycles. The van der Waals surface area contributed by atoms with Crippen molar-refractivity contribution in [3.63, 3.8) is 0 Å². The molecule has 1 rings (SSSR count). The van der Waals surface area contributed by atoms with Gasteiger partial charge in [0.1, 0.15) is 0 Å². The first-order valence-corrected chi connectivity index (χ1v) is 2.66. The first-order valence-electron chi connectivity index (χ1n) is 2.66. The maximum Gasteiger partial charge on any atom is 0.410 e. The molecule has 2 N–H and O–H groups in total. The smallest absolute Gasteiger partial charge is 0.409 e. The van der Waals surface area contributed by atoms with Crippen molar-refractivity contribution < 1.29 is 9.53 Å². The molecule has 1 heterocycles. The Kier molecular flexibility index (Phi) is 1.84. The van der Waals surface area contributed by atoms with E-state index in [4.69, 9.17) is 5.73 Å². The number of carbonyl (C=O) groups is 1. The van der Waals surface area contributed by atoms with Crippen molar-refractivity contribution in [2.75, 3.05) is 0 Å². The number of nitrogens with two attached hydrogens (primary N) is 1. The SMILES string of the molecule is NC(=O)Oc1cccnc1. The van der Waals surface area contributed by atoms with Crippen LogP contribution in [0.15, 0.2) is 24.5 Å². The molecule has 0 aliphatic carbocycles. The summed E-state index contributed by atoms with van der Waals surface area (Å²) in [7, 11) is 0. The minimum atomic E-state index is -0.826. The maximum atomic E-state index is 10.1. The lowest BCUT2D eigenvalue weighted by molar-refractivity contribution is 0.210. The zero-order chi connectivity index (χ0) is 7.40. The van der Waals surface area contributed by atoms with Crippen molar-refractivity contribution in [3.8, 4) is 5.75 Å². The van der Waals surface area contributed by atoms with Crippen molar-refractivity contribution in [2.45, 2.75) is 0 Å². The highest BCUT2D eigenvalue weighted by Gasteiger charge is 1.94. The average Bonchev–Trinajstić information content (AvgIpc) is 1.88. The predicted octanol–water partition coefficient (Wildman–Crippen LogP) is 0.539. The molecule has 0 saturated carbocycles. The second-order valence-corrected chi connectivity index (χ2v) is 1.61. The van der Waals surface area contributed by atoms with Crippen LogP contribution in [0.5, 0.6) is 5.75 Å². The third-order valence-electron chi connectivity index (χ3n) is 0.853. The molecule has 1 amide bonds. The van der Waals surface area contributed by atoms with Crippen LogP contribution in [0.3, 0.4) is 0 Å². The quantitative estimate of drug-likeness (QED) is 0.615. The number of hydrogen-bond donors (Lipinski definition) is 1. The van der Waals surface area contributed by atoms with E-state index in [1.807, 2.05) is 0 Å². The summed E-state index contributed by atoms with van der Waals surface area (Å²) in [5, 5.41) is 0. The summed E-state index contributed by atoms with van der Waals surface area (Å²) in [5.41, 5.74) is 4.74. The fourth-order valence-corrected chi connectivity index (χ4v) is 0.524. The Morgan fingerprint density at radius 3 is 3.00 bits per heavy atom. The summed E-state index contributed by atoms with van der Waals surface area (Å²) in [4.78, 5) is 13.8. The van der Waals surface area contributed by atoms with Gasteiger partial charge >= 0.3 is 6.09 Å². The maximum absolute atomic E-state index is 10.1. The van der Waals surface area contributed by atoms with Gasteiger partial charge in [-0.25, -0.2) is 4.79 Å². The number of hydrogen-bond acceptors (Lipinski definition) is 3. The molecule has 52 valence electrons. The van der Waals surface area contributed by atoms with Crippen LogP contribution < -0.4 is 10.5 Å². The third kappa shape index (κ3) is 1.74. The highest BCUT2D eigenvalue weighted by molar-refractivity contribution is 5.67. The van der Waals surface area contributed by atoms with E-state index in [-0.39, 0.29) is 0 Å². The van der Waals surface area contributed by atoms with Gasteiger partial charge in [-0.15, -0.1) is 0 Å². The number of rotatable bonds is 1. The lowest BCUT2D eigenvalue weighted by Gasteiger charge is -1.96. The summed E-state index contributed by atoms with van der Waals surface area (Å²) in [6.07, 6.45) is 2.16. The molecule has 0 radical (unpaired) electrons. The Morgan fingerprint density at radius 1 is 1.70 bits per heavy atom. The minimum Gasteiger partial charge on any atom is -0.409 e. The second kappa shape index (κ2) is 2.82. The van der Waals surface area contributed by atoms with E-state index in [1.54, 1.807) is 18.3 Å². The third-order valence-corrected chi connectivity index (χ3v) is 0.853. The molecule has 0 aliphatic rings. The summed E-state index contributed by atoms with van der Waals surface area (Å²) >= 11 is 0. The number of primary amides is 1. The van der Waals surface area contributed by atoms with Gasteiger partial charge in [0.05, 0.1) is 6.20 Å². The van der Waals surface area contributed by atoms with E-state index < -0.39 is 6.09 Å². The number of amides is 1. The van der Waals surface area contributed by atoms with E-state index in [1.165, 1.54) is 6.20 Å². The normalized spacial score (nSPS) is 8.80. The zero-order valence-corrected chi connectivity index (χ0v) is 5.15. The first-order chi connectivity index (χ1) is 4.79. The van der Waals surface area contributed by atoms with Crippen molar-refractivity contribution in [2.24, 2.45) is 5.73 Å². The largest absolute Gasteiger partial charge is 0.410 e. The number of aromatic nitrogens is 1. The number of ether oxygens (including phenoxy) is 1. The van der Waals surface area contributed by atoms with Gasteiger partial charge in [0.25, 0.3) is 0 Å². The molecule has 10 heavy (non-hydrogen) atoms. The number of pyridine rings is 1. The molecule has 1 aromatic rings. The van der Waals surface area contributed by atoms with E-state index in [2.05, 4.69) is 9.72 Å². The van der Waals surface area contributed by atoms with Crippen LogP contribution in [0.2, 0.25) is 0 Å². The number of carbonyl (C=O) groups excluding carboxylic acids is 1. The molecule has 0 bridgehead atoms. The lowest BCUT2D eigenvalue weighted by Crippen LogP contribution is -2.16. The van der Waals surface area contributed by atoms with Gasteiger partial charge in [-0.2, -0.15) is 0 Å². The predicted molar refractivity (Wildman–Crippen MR) is 34.4 cm³/mol. The fraction of sp³-hybridized carbons (Fsp3) is 0. The summed E-state index contributed by atoms with van der Waals surface area (Å²) < 4.78 is 4.49. The first kappa shape index (κ1) is 6.54. The van der Waals surface area contributed by atoms with Crippen LogP contribution in [0.25, 0.3) is 0 Å². The molecule has 0 unspecified atom stereocenters. The van der Waals surface area contributed by atoms with E-state index >= 15 is 0 Å². The Hall–Kier alpha value is -1.58. The zero-order valence-electron chi connectivity index (χ0n) is 5.15. The Labute approximate surface area is 57.6 Å². The Bertz CT molecular complexity index is 222. The summed E-state index contributed by atoms with van der Waals surface area (Å²) in [6, 6.07) is 3.25. The lowest BCUT2D eigenvalue weighted by atomic mass is 10.5. The molecular formula is C6H6N2O2. The van der Waals surface area contributed by atoms with Gasteiger partial charge in [-0.05, 0) is 12.1 Å².